The van der Waals surface area contributed by atoms with Gasteiger partial charge in [-0.3, -0.25) is 0 Å². The van der Waals surface area contributed by atoms with Gasteiger partial charge in [-0.1, -0.05) is 24.2 Å². The molecule has 1 N–H and O–H groups in total. The average molecular weight is 294 g/mol. The first-order valence-corrected chi connectivity index (χ1v) is 8.21. The third-order valence-electron chi connectivity index (χ3n) is 3.80. The van der Waals surface area contributed by atoms with Gasteiger partial charge in [-0.25, -0.2) is 9.67 Å². The van der Waals surface area contributed by atoms with E-state index in [0.29, 0.717) is 6.10 Å². The van der Waals surface area contributed by atoms with E-state index in [0.717, 1.165) is 36.0 Å². The summed E-state index contributed by atoms with van der Waals surface area (Å²) < 4.78 is 8.87. The standard InChI is InChI=1S/C14H22N4OS/c1-10-12-13(18(2)17-10)16-14(20-12)15-8-5-9-19-11-6-3-4-7-11/h11H,3-9H2,1-2H3,(H,15,16). The lowest BCUT2D eigenvalue weighted by Gasteiger charge is -2.10. The number of nitrogens with zero attached hydrogens (tertiary/aromatic N) is 3. The van der Waals surface area contributed by atoms with Gasteiger partial charge in [0.2, 0.25) is 0 Å². The molecule has 5 nitrogen and oxygen atoms in total. The van der Waals surface area contributed by atoms with E-state index in [1.165, 1.54) is 30.4 Å². The second kappa shape index (κ2) is 6.10. The van der Waals surface area contributed by atoms with Crippen LogP contribution in [-0.2, 0) is 11.8 Å². The largest absolute Gasteiger partial charge is 0.378 e. The summed E-state index contributed by atoms with van der Waals surface area (Å²) in [5.41, 5.74) is 2.02. The van der Waals surface area contributed by atoms with Crippen molar-refractivity contribution in [2.45, 2.75) is 45.1 Å². The van der Waals surface area contributed by atoms with Gasteiger partial charge >= 0.3 is 0 Å². The highest BCUT2D eigenvalue weighted by atomic mass is 32.1. The van der Waals surface area contributed by atoms with Crippen LogP contribution in [0.4, 0.5) is 5.13 Å². The van der Waals surface area contributed by atoms with Crippen LogP contribution >= 0.6 is 11.3 Å². The highest BCUT2D eigenvalue weighted by Gasteiger charge is 2.15. The fourth-order valence-corrected chi connectivity index (χ4v) is 3.69. The van der Waals surface area contributed by atoms with Gasteiger partial charge in [0.15, 0.2) is 10.8 Å². The molecule has 20 heavy (non-hydrogen) atoms. The lowest BCUT2D eigenvalue weighted by molar-refractivity contribution is 0.0583. The number of anilines is 1. The van der Waals surface area contributed by atoms with E-state index in [1.807, 2.05) is 18.7 Å². The number of thiazole rings is 1. The SMILES string of the molecule is Cc1nn(C)c2nc(NCCCOC3CCCC3)sc12. The van der Waals surface area contributed by atoms with Gasteiger partial charge in [0.25, 0.3) is 0 Å². The molecule has 0 bridgehead atoms. The number of ether oxygens (including phenoxy) is 1. The highest BCUT2D eigenvalue weighted by molar-refractivity contribution is 7.22. The first-order chi connectivity index (χ1) is 9.74. The van der Waals surface area contributed by atoms with Gasteiger partial charge in [-0.15, -0.1) is 0 Å². The van der Waals surface area contributed by atoms with E-state index in [2.05, 4.69) is 15.4 Å². The van der Waals surface area contributed by atoms with Crippen LogP contribution in [0.1, 0.15) is 37.8 Å². The number of rotatable bonds is 6. The van der Waals surface area contributed by atoms with Crippen LogP contribution in [0.25, 0.3) is 10.3 Å². The molecular formula is C14H22N4OS. The lowest BCUT2D eigenvalue weighted by atomic mass is 10.3. The molecule has 2 aromatic heterocycles. The zero-order chi connectivity index (χ0) is 13.9. The molecule has 6 heteroatoms. The molecule has 0 radical (unpaired) electrons. The van der Waals surface area contributed by atoms with Gasteiger partial charge < -0.3 is 10.1 Å². The Morgan fingerprint density at radius 1 is 1.40 bits per heavy atom. The number of fused-ring (bicyclic) bond motifs is 1. The smallest absolute Gasteiger partial charge is 0.185 e. The molecule has 0 aromatic carbocycles. The zero-order valence-corrected chi connectivity index (χ0v) is 13.0. The van der Waals surface area contributed by atoms with Crippen LogP contribution in [0.15, 0.2) is 0 Å². The summed E-state index contributed by atoms with van der Waals surface area (Å²) in [4.78, 5) is 4.58. The van der Waals surface area contributed by atoms with E-state index in [4.69, 9.17) is 4.74 Å². The van der Waals surface area contributed by atoms with Crippen molar-refractivity contribution in [1.29, 1.82) is 0 Å². The third-order valence-corrected chi connectivity index (χ3v) is 4.91. The van der Waals surface area contributed by atoms with Crippen molar-refractivity contribution >= 4 is 26.8 Å². The molecule has 0 amide bonds. The summed E-state index contributed by atoms with van der Waals surface area (Å²) in [6.45, 7) is 3.79. The third kappa shape index (κ3) is 2.96. The van der Waals surface area contributed by atoms with Crippen molar-refractivity contribution < 1.29 is 4.74 Å². The van der Waals surface area contributed by atoms with Crippen LogP contribution in [0.5, 0.6) is 0 Å². The molecule has 2 heterocycles. The van der Waals surface area contributed by atoms with Gasteiger partial charge in [0.1, 0.15) is 0 Å². The number of hydrogen-bond acceptors (Lipinski definition) is 5. The quantitative estimate of drug-likeness (QED) is 0.832. The molecule has 0 aliphatic heterocycles. The predicted octanol–water partition coefficient (Wildman–Crippen LogP) is 3.10. The molecule has 0 unspecified atom stereocenters. The first kappa shape index (κ1) is 13.8. The topological polar surface area (TPSA) is 52.0 Å². The molecule has 3 rings (SSSR count). The Labute approximate surface area is 123 Å². The molecule has 1 aliphatic rings. The van der Waals surface area contributed by atoms with E-state index in [1.54, 1.807) is 11.3 Å². The highest BCUT2D eigenvalue weighted by Crippen LogP contribution is 2.28. The summed E-state index contributed by atoms with van der Waals surface area (Å²) in [5.74, 6) is 0. The Kier molecular flexibility index (Phi) is 4.21. The maximum Gasteiger partial charge on any atom is 0.185 e. The summed E-state index contributed by atoms with van der Waals surface area (Å²) in [6.07, 6.45) is 6.72. The Bertz CT molecular complexity index is 536. The summed E-state index contributed by atoms with van der Waals surface area (Å²) in [6, 6.07) is 0. The molecule has 0 saturated heterocycles. The van der Waals surface area contributed by atoms with Crippen molar-refractivity contribution in [3.63, 3.8) is 0 Å². The number of nitrogens with one attached hydrogen (secondary N) is 1. The van der Waals surface area contributed by atoms with Crippen LogP contribution in [0, 0.1) is 6.92 Å². The van der Waals surface area contributed by atoms with Crippen molar-refractivity contribution in [2.75, 3.05) is 18.5 Å². The molecule has 1 saturated carbocycles. The summed E-state index contributed by atoms with van der Waals surface area (Å²) >= 11 is 1.68. The first-order valence-electron chi connectivity index (χ1n) is 7.39. The second-order valence-corrected chi connectivity index (χ2v) is 6.44. The summed E-state index contributed by atoms with van der Waals surface area (Å²) in [5, 5.41) is 8.73. The number of aryl methyl sites for hydroxylation is 2. The van der Waals surface area contributed by atoms with E-state index >= 15 is 0 Å². The van der Waals surface area contributed by atoms with Gasteiger partial charge in [0.05, 0.1) is 16.5 Å². The van der Waals surface area contributed by atoms with Crippen molar-refractivity contribution in [1.82, 2.24) is 14.8 Å². The Morgan fingerprint density at radius 3 is 2.95 bits per heavy atom. The second-order valence-electron chi connectivity index (χ2n) is 5.44. The lowest BCUT2D eigenvalue weighted by Crippen LogP contribution is -2.11. The van der Waals surface area contributed by atoms with Crippen LogP contribution in [0.3, 0.4) is 0 Å². The van der Waals surface area contributed by atoms with E-state index < -0.39 is 0 Å². The Morgan fingerprint density at radius 2 is 2.20 bits per heavy atom. The zero-order valence-electron chi connectivity index (χ0n) is 12.2. The minimum atomic E-state index is 0.520. The molecule has 110 valence electrons. The van der Waals surface area contributed by atoms with Crippen molar-refractivity contribution in [3.05, 3.63) is 5.69 Å². The Hall–Kier alpha value is -1.14. The fraction of sp³-hybridized carbons (Fsp3) is 0.714. The normalized spacial score (nSPS) is 16.3. The van der Waals surface area contributed by atoms with Crippen LogP contribution in [0.2, 0.25) is 0 Å². The van der Waals surface area contributed by atoms with Gasteiger partial charge in [-0.05, 0) is 26.2 Å². The minimum Gasteiger partial charge on any atom is -0.378 e. The molecular weight excluding hydrogens is 272 g/mol. The maximum absolute atomic E-state index is 5.85. The fourth-order valence-electron chi connectivity index (χ4n) is 2.73. The number of hydrogen-bond donors (Lipinski definition) is 1. The van der Waals surface area contributed by atoms with E-state index in [-0.39, 0.29) is 0 Å². The van der Waals surface area contributed by atoms with Crippen molar-refractivity contribution in [2.24, 2.45) is 7.05 Å². The van der Waals surface area contributed by atoms with Crippen molar-refractivity contribution in [3.8, 4) is 0 Å². The van der Waals surface area contributed by atoms with Crippen LogP contribution in [-0.4, -0.2) is 34.0 Å². The molecule has 1 fully saturated rings. The average Bonchev–Trinajstić information content (AvgIpc) is 3.10. The number of aromatic nitrogens is 3. The molecule has 2 aromatic rings. The predicted molar refractivity (Wildman–Crippen MR) is 82.4 cm³/mol. The maximum atomic E-state index is 5.85. The molecule has 1 aliphatic carbocycles. The van der Waals surface area contributed by atoms with Gasteiger partial charge in [-0.2, -0.15) is 5.10 Å². The minimum absolute atomic E-state index is 0.520. The van der Waals surface area contributed by atoms with Crippen LogP contribution < -0.4 is 5.32 Å². The molecule has 0 spiro atoms. The molecule has 0 atom stereocenters. The van der Waals surface area contributed by atoms with E-state index in [9.17, 15) is 0 Å². The van der Waals surface area contributed by atoms with Gasteiger partial charge in [0, 0.05) is 20.2 Å². The summed E-state index contributed by atoms with van der Waals surface area (Å²) in [7, 11) is 1.94. The monoisotopic (exact) mass is 294 g/mol. The Balaban J connectivity index is 1.44.